The average Bonchev–Trinajstić information content (AvgIpc) is 3.41. The van der Waals surface area contributed by atoms with Gasteiger partial charge < -0.3 is 23.7 Å². The van der Waals surface area contributed by atoms with Crippen molar-refractivity contribution < 1.29 is 32.9 Å². The van der Waals surface area contributed by atoms with Crippen LogP contribution >= 0.6 is 0 Å². The van der Waals surface area contributed by atoms with Crippen molar-refractivity contribution >= 4 is 5.97 Å². The minimum atomic E-state index is -0.819. The number of pyridine rings is 1. The Kier molecular flexibility index (Phi) is 7.38. The first-order valence-corrected chi connectivity index (χ1v) is 10.5. The molecule has 1 aliphatic rings. The zero-order valence-corrected chi connectivity index (χ0v) is 18.7. The average molecular weight is 463 g/mol. The van der Waals surface area contributed by atoms with E-state index < -0.39 is 18.1 Å². The molecule has 0 aliphatic carbocycles. The van der Waals surface area contributed by atoms with Crippen LogP contribution in [0, 0.1) is 17.7 Å². The van der Waals surface area contributed by atoms with Crippen molar-refractivity contribution in [3.8, 4) is 23.3 Å². The van der Waals surface area contributed by atoms with Crippen LogP contribution in [-0.2, 0) is 20.8 Å². The third-order valence-corrected chi connectivity index (χ3v) is 5.06. The number of halogens is 1. The molecule has 174 valence electrons. The Balaban J connectivity index is 1.67. The Morgan fingerprint density at radius 2 is 1.85 bits per heavy atom. The first-order valence-electron chi connectivity index (χ1n) is 10.5. The molecule has 1 aromatic heterocycles. The van der Waals surface area contributed by atoms with Crippen LogP contribution in [0.5, 0.6) is 11.5 Å². The van der Waals surface area contributed by atoms with Crippen LogP contribution < -0.4 is 9.47 Å². The Labute approximate surface area is 196 Å². The smallest absolute Gasteiger partial charge is 0.338 e. The van der Waals surface area contributed by atoms with Gasteiger partial charge in [0.2, 0.25) is 0 Å². The number of rotatable bonds is 6. The molecule has 7 nitrogen and oxygen atoms in total. The van der Waals surface area contributed by atoms with Crippen LogP contribution in [0.2, 0.25) is 0 Å². The quantitative estimate of drug-likeness (QED) is 0.403. The maximum Gasteiger partial charge on any atom is 0.338 e. The lowest BCUT2D eigenvalue weighted by Crippen LogP contribution is -2.08. The third-order valence-electron chi connectivity index (χ3n) is 5.06. The van der Waals surface area contributed by atoms with Gasteiger partial charge in [0.25, 0.3) is 0 Å². The van der Waals surface area contributed by atoms with Crippen molar-refractivity contribution in [2.45, 2.75) is 12.9 Å². The van der Waals surface area contributed by atoms with Crippen molar-refractivity contribution in [3.63, 3.8) is 0 Å². The molecule has 0 N–H and O–H groups in total. The minimum absolute atomic E-state index is 0.0735. The van der Waals surface area contributed by atoms with Crippen molar-refractivity contribution in [2.75, 3.05) is 27.4 Å². The maximum absolute atomic E-state index is 14.9. The van der Waals surface area contributed by atoms with Gasteiger partial charge in [-0.3, -0.25) is 0 Å². The molecule has 0 amide bonds. The molecule has 3 aromatic rings. The number of esters is 1. The number of ether oxygens (including phenoxy) is 5. The van der Waals surface area contributed by atoms with E-state index in [1.54, 1.807) is 7.11 Å². The van der Waals surface area contributed by atoms with Crippen molar-refractivity contribution in [1.82, 2.24) is 4.98 Å². The molecule has 0 atom stereocenters. The summed E-state index contributed by atoms with van der Waals surface area (Å²) in [6, 6.07) is 13.2. The monoisotopic (exact) mass is 463 g/mol. The molecule has 2 heterocycles. The molecular weight excluding hydrogens is 441 g/mol. The Morgan fingerprint density at radius 1 is 1.09 bits per heavy atom. The van der Waals surface area contributed by atoms with E-state index in [1.165, 1.54) is 37.6 Å². The Hall–Kier alpha value is -3.93. The number of methoxy groups -OCH3 is 2. The van der Waals surface area contributed by atoms with E-state index in [-0.39, 0.29) is 17.9 Å². The van der Waals surface area contributed by atoms with E-state index in [2.05, 4.69) is 16.8 Å². The highest BCUT2D eigenvalue weighted by Gasteiger charge is 2.27. The number of nitrogens with zero attached hydrogens (tertiary/aromatic N) is 1. The van der Waals surface area contributed by atoms with Crippen molar-refractivity contribution in [3.05, 3.63) is 88.5 Å². The number of benzene rings is 2. The van der Waals surface area contributed by atoms with Crippen LogP contribution in [0.4, 0.5) is 4.39 Å². The van der Waals surface area contributed by atoms with E-state index in [0.717, 1.165) is 11.3 Å². The number of hydrogen-bond acceptors (Lipinski definition) is 7. The molecule has 2 aromatic carbocycles. The predicted octanol–water partition coefficient (Wildman–Crippen LogP) is 4.04. The molecule has 1 saturated heterocycles. The fraction of sp³-hybridized carbons (Fsp3) is 0.231. The lowest BCUT2D eigenvalue weighted by molar-refractivity contribution is -0.0462. The third kappa shape index (κ3) is 5.34. The maximum atomic E-state index is 14.9. The van der Waals surface area contributed by atoms with Gasteiger partial charge >= 0.3 is 5.97 Å². The van der Waals surface area contributed by atoms with Gasteiger partial charge in [0.15, 0.2) is 6.29 Å². The highest BCUT2D eigenvalue weighted by atomic mass is 19.1. The molecule has 0 spiro atoms. The molecule has 0 saturated carbocycles. The van der Waals surface area contributed by atoms with E-state index in [4.69, 9.17) is 23.7 Å². The number of carbonyl (C=O) groups excluding carboxylic acids is 1. The first kappa shape index (κ1) is 23.2. The predicted molar refractivity (Wildman–Crippen MR) is 120 cm³/mol. The summed E-state index contributed by atoms with van der Waals surface area (Å²) in [5.41, 5.74) is 1.92. The van der Waals surface area contributed by atoms with E-state index >= 15 is 0 Å². The molecule has 0 bridgehead atoms. The van der Waals surface area contributed by atoms with Gasteiger partial charge in [-0.2, -0.15) is 0 Å². The Bertz CT molecular complexity index is 1230. The summed E-state index contributed by atoms with van der Waals surface area (Å²) in [6.45, 7) is 0.980. The van der Waals surface area contributed by atoms with Crippen LogP contribution in [0.3, 0.4) is 0 Å². The number of aromatic nitrogens is 1. The van der Waals surface area contributed by atoms with Crippen molar-refractivity contribution in [2.24, 2.45) is 0 Å². The summed E-state index contributed by atoms with van der Waals surface area (Å²) < 4.78 is 42.1. The van der Waals surface area contributed by atoms with Gasteiger partial charge in [0, 0.05) is 6.20 Å². The van der Waals surface area contributed by atoms with Gasteiger partial charge in [0.05, 0.1) is 44.1 Å². The highest BCUT2D eigenvalue weighted by molar-refractivity contribution is 5.89. The van der Waals surface area contributed by atoms with Crippen LogP contribution in [-0.4, -0.2) is 38.4 Å². The SMILES string of the molecule is COC(=O)c1ccnc(C#Cc2c(F)ccc(OCc3ccc(OC)cc3)c2C2OCCO2)c1. The molecule has 1 fully saturated rings. The second-order valence-corrected chi connectivity index (χ2v) is 7.22. The summed E-state index contributed by atoms with van der Waals surface area (Å²) in [5, 5.41) is 0. The lowest BCUT2D eigenvalue weighted by Gasteiger charge is -2.18. The second-order valence-electron chi connectivity index (χ2n) is 7.22. The summed E-state index contributed by atoms with van der Waals surface area (Å²) in [5.74, 6) is 5.69. The first-order chi connectivity index (χ1) is 16.6. The molecule has 8 heteroatoms. The largest absolute Gasteiger partial charge is 0.497 e. The lowest BCUT2D eigenvalue weighted by atomic mass is 10.0. The van der Waals surface area contributed by atoms with Crippen LogP contribution in [0.15, 0.2) is 54.7 Å². The molecule has 0 unspecified atom stereocenters. The second kappa shape index (κ2) is 10.8. The van der Waals surface area contributed by atoms with Gasteiger partial charge in [-0.05, 0) is 47.9 Å². The Morgan fingerprint density at radius 3 is 2.56 bits per heavy atom. The summed E-state index contributed by atoms with van der Waals surface area (Å²) >= 11 is 0. The summed E-state index contributed by atoms with van der Waals surface area (Å²) in [7, 11) is 2.89. The molecule has 0 radical (unpaired) electrons. The van der Waals surface area contributed by atoms with E-state index in [1.807, 2.05) is 24.3 Å². The van der Waals surface area contributed by atoms with Crippen LogP contribution in [0.1, 0.15) is 39.0 Å². The zero-order valence-electron chi connectivity index (χ0n) is 18.7. The molecule has 4 rings (SSSR count). The standard InChI is InChI=1S/C26H22FNO6/c1-30-20-6-3-17(4-7-20)16-34-23-10-9-22(27)21(24(23)26-32-13-14-33-26)8-5-19-15-18(11-12-28-19)25(29)31-2/h3-4,6-7,9-12,15,26H,13-14,16H2,1-2H3. The fourth-order valence-corrected chi connectivity index (χ4v) is 3.34. The highest BCUT2D eigenvalue weighted by Crippen LogP contribution is 2.36. The molecule has 1 aliphatic heterocycles. The van der Waals surface area contributed by atoms with E-state index in [9.17, 15) is 9.18 Å². The van der Waals surface area contributed by atoms with Gasteiger partial charge in [-0.25, -0.2) is 14.2 Å². The zero-order chi connectivity index (χ0) is 23.9. The molecular formula is C26H22FNO6. The summed E-state index contributed by atoms with van der Waals surface area (Å²) in [4.78, 5) is 15.9. The normalized spacial score (nSPS) is 13.1. The van der Waals surface area contributed by atoms with Gasteiger partial charge in [-0.1, -0.05) is 18.1 Å². The van der Waals surface area contributed by atoms with Crippen molar-refractivity contribution in [1.29, 1.82) is 0 Å². The van der Waals surface area contributed by atoms with Gasteiger partial charge in [0.1, 0.15) is 29.6 Å². The fourth-order valence-electron chi connectivity index (χ4n) is 3.34. The van der Waals surface area contributed by atoms with E-state index in [0.29, 0.717) is 30.1 Å². The number of carbonyl (C=O) groups is 1. The summed E-state index contributed by atoms with van der Waals surface area (Å²) in [6.07, 6.45) is 0.616. The number of hydrogen-bond donors (Lipinski definition) is 0. The molecule has 34 heavy (non-hydrogen) atoms. The minimum Gasteiger partial charge on any atom is -0.497 e. The van der Waals surface area contributed by atoms with Crippen LogP contribution in [0.25, 0.3) is 0 Å². The topological polar surface area (TPSA) is 76.1 Å². The van der Waals surface area contributed by atoms with Gasteiger partial charge in [-0.15, -0.1) is 0 Å².